The molecule has 6 nitrogen and oxygen atoms in total. The highest BCUT2D eigenvalue weighted by atomic mass is 16.5. The number of hydrogen-bond acceptors (Lipinski definition) is 5. The van der Waals surface area contributed by atoms with E-state index < -0.39 is 5.97 Å². The molecule has 2 amide bonds. The van der Waals surface area contributed by atoms with E-state index in [1.54, 1.807) is 48.5 Å². The molecular weight excluding hydrogens is 334 g/mol. The molecule has 0 atom stereocenters. The van der Waals surface area contributed by atoms with Gasteiger partial charge in [0.2, 0.25) is 0 Å². The second-order valence-corrected chi connectivity index (χ2v) is 5.97. The van der Waals surface area contributed by atoms with E-state index in [1.165, 1.54) is 6.92 Å². The summed E-state index contributed by atoms with van der Waals surface area (Å²) in [5.41, 5.74) is 1.33. The third-order valence-electron chi connectivity index (χ3n) is 4.13. The Bertz CT molecular complexity index is 850. The molecule has 3 rings (SSSR count). The average Bonchev–Trinajstić information content (AvgIpc) is 2.87. The molecule has 2 aromatic carbocycles. The third kappa shape index (κ3) is 3.54. The molecule has 0 aromatic heterocycles. The van der Waals surface area contributed by atoms with Gasteiger partial charge in [0.1, 0.15) is 5.75 Å². The van der Waals surface area contributed by atoms with Crippen molar-refractivity contribution in [1.29, 1.82) is 0 Å². The number of carbonyl (C=O) groups excluding carboxylic acids is 4. The van der Waals surface area contributed by atoms with Crippen LogP contribution in [0.2, 0.25) is 0 Å². The summed E-state index contributed by atoms with van der Waals surface area (Å²) < 4.78 is 5.19. The lowest BCUT2D eigenvalue weighted by Crippen LogP contribution is -2.31. The van der Waals surface area contributed by atoms with Gasteiger partial charge in [-0.15, -0.1) is 0 Å². The first kappa shape index (κ1) is 17.5. The molecule has 1 aliphatic heterocycles. The summed E-state index contributed by atoms with van der Waals surface area (Å²) in [6.07, 6.45) is 0.387. The molecule has 0 saturated carbocycles. The summed E-state index contributed by atoms with van der Waals surface area (Å²) in [7, 11) is 0. The molecule has 1 aliphatic rings. The van der Waals surface area contributed by atoms with Crippen LogP contribution in [0.3, 0.4) is 0 Å². The molecule has 0 N–H and O–H groups in total. The predicted octanol–water partition coefficient (Wildman–Crippen LogP) is 2.87. The van der Waals surface area contributed by atoms with Crippen LogP contribution in [0, 0.1) is 0 Å². The van der Waals surface area contributed by atoms with E-state index in [1.807, 2.05) is 0 Å². The van der Waals surface area contributed by atoms with Crippen molar-refractivity contribution in [1.82, 2.24) is 4.90 Å². The predicted molar refractivity (Wildman–Crippen MR) is 93.1 cm³/mol. The minimum Gasteiger partial charge on any atom is -0.427 e. The maximum Gasteiger partial charge on any atom is 0.311 e. The molecule has 0 saturated heterocycles. The molecule has 0 spiro atoms. The number of carbonyl (C=O) groups is 4. The van der Waals surface area contributed by atoms with Gasteiger partial charge < -0.3 is 4.74 Å². The van der Waals surface area contributed by atoms with Crippen LogP contribution >= 0.6 is 0 Å². The van der Waals surface area contributed by atoms with Crippen molar-refractivity contribution in [3.63, 3.8) is 0 Å². The number of benzene rings is 2. The molecule has 26 heavy (non-hydrogen) atoms. The summed E-state index contributed by atoms with van der Waals surface area (Å²) in [6, 6.07) is 12.9. The van der Waals surface area contributed by atoms with Gasteiger partial charge in [-0.1, -0.05) is 12.1 Å². The van der Waals surface area contributed by atoms with E-state index >= 15 is 0 Å². The van der Waals surface area contributed by atoms with Crippen molar-refractivity contribution in [2.75, 3.05) is 6.54 Å². The average molecular weight is 351 g/mol. The van der Waals surface area contributed by atoms with Gasteiger partial charge in [-0.3, -0.25) is 24.1 Å². The zero-order valence-electron chi connectivity index (χ0n) is 14.2. The lowest BCUT2D eigenvalue weighted by molar-refractivity contribution is -0.134. The normalized spacial score (nSPS) is 12.9. The smallest absolute Gasteiger partial charge is 0.311 e. The van der Waals surface area contributed by atoms with Crippen LogP contribution in [0.5, 0.6) is 5.75 Å². The van der Waals surface area contributed by atoms with Gasteiger partial charge in [-0.05, 0) is 49.7 Å². The molecule has 0 unspecified atom stereocenters. The highest BCUT2D eigenvalue weighted by Gasteiger charge is 2.34. The zero-order chi connectivity index (χ0) is 18.7. The van der Waals surface area contributed by atoms with Crippen molar-refractivity contribution in [2.45, 2.75) is 19.8 Å². The highest BCUT2D eigenvalue weighted by molar-refractivity contribution is 6.21. The summed E-state index contributed by atoms with van der Waals surface area (Å²) in [5.74, 6) is -0.848. The van der Waals surface area contributed by atoms with Crippen molar-refractivity contribution in [3.8, 4) is 5.75 Å². The monoisotopic (exact) mass is 351 g/mol. The molecule has 2 aromatic rings. The van der Waals surface area contributed by atoms with Gasteiger partial charge in [0.15, 0.2) is 5.78 Å². The number of Topliss-reactive ketones (excluding diaryl/α,β-unsaturated/α-hetero) is 1. The van der Waals surface area contributed by atoms with Gasteiger partial charge in [-0.2, -0.15) is 0 Å². The van der Waals surface area contributed by atoms with E-state index in [4.69, 9.17) is 4.74 Å². The molecule has 0 fully saturated rings. The van der Waals surface area contributed by atoms with Crippen molar-refractivity contribution < 1.29 is 23.9 Å². The van der Waals surface area contributed by atoms with Gasteiger partial charge >= 0.3 is 5.97 Å². The maximum atomic E-state index is 12.2. The number of ether oxygens (including phenoxy) is 1. The summed E-state index contributed by atoms with van der Waals surface area (Å²) in [5, 5.41) is 0. The van der Waals surface area contributed by atoms with Crippen LogP contribution in [0.25, 0.3) is 0 Å². The van der Waals surface area contributed by atoms with Crippen LogP contribution < -0.4 is 4.74 Å². The van der Waals surface area contributed by atoms with E-state index in [2.05, 4.69) is 0 Å². The molecule has 132 valence electrons. The molecular formula is C20H17NO5. The zero-order valence-corrected chi connectivity index (χ0v) is 14.2. The number of rotatable bonds is 6. The minimum atomic E-state index is -0.461. The fourth-order valence-electron chi connectivity index (χ4n) is 2.76. The fraction of sp³-hybridized carbons (Fsp3) is 0.200. The molecule has 1 heterocycles. The van der Waals surface area contributed by atoms with Crippen molar-refractivity contribution in [3.05, 3.63) is 65.2 Å². The summed E-state index contributed by atoms with van der Waals surface area (Å²) >= 11 is 0. The minimum absolute atomic E-state index is 0.0659. The first-order valence-electron chi connectivity index (χ1n) is 8.24. The van der Waals surface area contributed by atoms with Gasteiger partial charge in [0.05, 0.1) is 11.1 Å². The van der Waals surface area contributed by atoms with Gasteiger partial charge in [-0.25, -0.2) is 0 Å². The number of hydrogen-bond donors (Lipinski definition) is 0. The Labute approximate surface area is 150 Å². The standard InChI is InChI=1S/C20H17NO5/c1-13(22)14-8-10-15(11-9-14)26-18(23)7-4-12-21-19(24)16-5-2-3-6-17(16)20(21)25/h2-3,5-6,8-11H,4,7,12H2,1H3. The number of esters is 1. The second kappa shape index (κ2) is 7.31. The number of nitrogens with zero attached hydrogens (tertiary/aromatic N) is 1. The molecule has 0 radical (unpaired) electrons. The van der Waals surface area contributed by atoms with Crippen molar-refractivity contribution in [2.24, 2.45) is 0 Å². The number of ketones is 1. The Morgan fingerprint density at radius 1 is 0.923 bits per heavy atom. The van der Waals surface area contributed by atoms with E-state index in [9.17, 15) is 19.2 Å². The molecule has 6 heteroatoms. The largest absolute Gasteiger partial charge is 0.427 e. The van der Waals surface area contributed by atoms with Crippen LogP contribution in [-0.2, 0) is 4.79 Å². The SMILES string of the molecule is CC(=O)c1ccc(OC(=O)CCCN2C(=O)c3ccccc3C2=O)cc1. The Morgan fingerprint density at radius 3 is 2.04 bits per heavy atom. The van der Waals surface area contributed by atoms with Crippen LogP contribution in [-0.4, -0.2) is 35.0 Å². The van der Waals surface area contributed by atoms with Crippen molar-refractivity contribution >= 4 is 23.6 Å². The van der Waals surface area contributed by atoms with Crippen LogP contribution in [0.4, 0.5) is 0 Å². The lowest BCUT2D eigenvalue weighted by Gasteiger charge is -2.13. The summed E-state index contributed by atoms with van der Waals surface area (Å²) in [6.45, 7) is 1.62. The van der Waals surface area contributed by atoms with E-state index in [-0.39, 0.29) is 30.6 Å². The Kier molecular flexibility index (Phi) is 4.93. The first-order valence-corrected chi connectivity index (χ1v) is 8.24. The van der Waals surface area contributed by atoms with Crippen LogP contribution in [0.15, 0.2) is 48.5 Å². The number of imide groups is 1. The Balaban J connectivity index is 1.51. The number of amides is 2. The van der Waals surface area contributed by atoms with E-state index in [0.717, 1.165) is 4.90 Å². The second-order valence-electron chi connectivity index (χ2n) is 5.97. The third-order valence-corrected chi connectivity index (χ3v) is 4.13. The summed E-state index contributed by atoms with van der Waals surface area (Å²) in [4.78, 5) is 48.7. The van der Waals surface area contributed by atoms with Gasteiger partial charge in [0, 0.05) is 18.5 Å². The lowest BCUT2D eigenvalue weighted by atomic mass is 10.1. The quantitative estimate of drug-likeness (QED) is 0.346. The maximum absolute atomic E-state index is 12.2. The van der Waals surface area contributed by atoms with Crippen LogP contribution in [0.1, 0.15) is 50.8 Å². The fourth-order valence-corrected chi connectivity index (χ4v) is 2.76. The topological polar surface area (TPSA) is 80.8 Å². The first-order chi connectivity index (χ1) is 12.5. The Hall–Kier alpha value is -3.28. The van der Waals surface area contributed by atoms with Gasteiger partial charge in [0.25, 0.3) is 11.8 Å². The van der Waals surface area contributed by atoms with E-state index in [0.29, 0.717) is 28.9 Å². The molecule has 0 aliphatic carbocycles. The molecule has 0 bridgehead atoms. The number of fused-ring (bicyclic) bond motifs is 1. The Morgan fingerprint density at radius 2 is 1.50 bits per heavy atom. The highest BCUT2D eigenvalue weighted by Crippen LogP contribution is 2.22.